The van der Waals surface area contributed by atoms with Crippen molar-refractivity contribution in [3.63, 3.8) is 0 Å². The lowest BCUT2D eigenvalue weighted by molar-refractivity contribution is -0.140. The van der Waals surface area contributed by atoms with Crippen molar-refractivity contribution in [3.8, 4) is 12.1 Å². The van der Waals surface area contributed by atoms with Crippen molar-refractivity contribution in [2.75, 3.05) is 20.2 Å². The van der Waals surface area contributed by atoms with Crippen LogP contribution in [0.2, 0.25) is 0 Å². The standard InChI is InChI=1S/C10H8N2.C6H10N2O2.H4N2/c11-6-5-9-7-8-3-1-2-4-10(8)12-9;1-10-6(9)2-4-8-5-3-7;1-2/h1-4,7,12H,5H2;8H,2,4-5H2,1H3;1-2H2. The number of para-hydroxylation sites is 1. The van der Waals surface area contributed by atoms with E-state index in [1.807, 2.05) is 36.4 Å². The number of H-pyrrole nitrogens is 1. The summed E-state index contributed by atoms with van der Waals surface area (Å²) in [6.45, 7) is 0.775. The fourth-order valence-corrected chi connectivity index (χ4v) is 1.75. The van der Waals surface area contributed by atoms with E-state index in [0.717, 1.165) is 11.2 Å². The Morgan fingerprint density at radius 3 is 2.58 bits per heavy atom. The van der Waals surface area contributed by atoms with Crippen LogP contribution in [0.5, 0.6) is 0 Å². The Balaban J connectivity index is 0.000000407. The summed E-state index contributed by atoms with van der Waals surface area (Å²) in [5.74, 6) is 7.74. The number of nitriles is 2. The van der Waals surface area contributed by atoms with E-state index in [-0.39, 0.29) is 12.5 Å². The quantitative estimate of drug-likeness (QED) is 0.207. The van der Waals surface area contributed by atoms with Crippen molar-refractivity contribution in [2.45, 2.75) is 12.8 Å². The van der Waals surface area contributed by atoms with Crippen LogP contribution >= 0.6 is 0 Å². The van der Waals surface area contributed by atoms with Crippen LogP contribution in [0.4, 0.5) is 0 Å². The molecule has 0 aliphatic rings. The second kappa shape index (κ2) is 13.7. The fraction of sp³-hybridized carbons (Fsp3) is 0.312. The van der Waals surface area contributed by atoms with Crippen LogP contribution in [0.3, 0.4) is 0 Å². The molecule has 6 N–H and O–H groups in total. The van der Waals surface area contributed by atoms with Gasteiger partial charge in [0.15, 0.2) is 0 Å². The minimum atomic E-state index is -0.259. The first-order valence-corrected chi connectivity index (χ1v) is 7.12. The van der Waals surface area contributed by atoms with Crippen molar-refractivity contribution < 1.29 is 9.53 Å². The molecular weight excluding hydrogens is 308 g/mol. The Labute approximate surface area is 141 Å². The number of hydrogen-bond acceptors (Lipinski definition) is 7. The number of fused-ring (bicyclic) bond motifs is 1. The van der Waals surface area contributed by atoms with E-state index in [0.29, 0.717) is 19.4 Å². The minimum absolute atomic E-state index is 0.259. The second-order valence-electron chi connectivity index (χ2n) is 4.38. The van der Waals surface area contributed by atoms with Gasteiger partial charge in [0.1, 0.15) is 0 Å². The highest BCUT2D eigenvalue weighted by Crippen LogP contribution is 2.14. The molecule has 128 valence electrons. The third kappa shape index (κ3) is 8.51. The van der Waals surface area contributed by atoms with Gasteiger partial charge in [-0.3, -0.25) is 16.5 Å². The van der Waals surface area contributed by atoms with Crippen LogP contribution in [0.1, 0.15) is 12.1 Å². The lowest BCUT2D eigenvalue weighted by Gasteiger charge is -1.97. The van der Waals surface area contributed by atoms with E-state index in [2.05, 4.69) is 32.8 Å². The van der Waals surface area contributed by atoms with Gasteiger partial charge in [-0.2, -0.15) is 10.5 Å². The van der Waals surface area contributed by atoms with Gasteiger partial charge in [-0.05, 0) is 17.5 Å². The summed E-state index contributed by atoms with van der Waals surface area (Å²) in [7, 11) is 1.34. The topological polar surface area (TPSA) is 154 Å². The number of methoxy groups -OCH3 is 1. The minimum Gasteiger partial charge on any atom is -0.469 e. The van der Waals surface area contributed by atoms with Crippen LogP contribution < -0.4 is 17.0 Å². The molecule has 0 unspecified atom stereocenters. The molecule has 1 aromatic heterocycles. The number of nitrogens with two attached hydrogens (primary N) is 2. The van der Waals surface area contributed by atoms with Crippen molar-refractivity contribution in [1.82, 2.24) is 10.3 Å². The average Bonchev–Trinajstić information content (AvgIpc) is 3.03. The summed E-state index contributed by atoms with van der Waals surface area (Å²) in [4.78, 5) is 13.6. The van der Waals surface area contributed by atoms with E-state index >= 15 is 0 Å². The van der Waals surface area contributed by atoms with Gasteiger partial charge in [0.2, 0.25) is 0 Å². The van der Waals surface area contributed by atoms with Gasteiger partial charge in [0.25, 0.3) is 0 Å². The zero-order valence-electron chi connectivity index (χ0n) is 13.6. The first kappa shape index (κ1) is 21.1. The SMILES string of the molecule is COC(=O)CCNCC#N.N#CCc1cc2ccccc2[nH]1.NN. The molecule has 0 spiro atoms. The number of hydrogen-bond donors (Lipinski definition) is 4. The Morgan fingerprint density at radius 1 is 1.29 bits per heavy atom. The van der Waals surface area contributed by atoms with Gasteiger partial charge in [0, 0.05) is 17.8 Å². The number of esters is 1. The van der Waals surface area contributed by atoms with Crippen LogP contribution in [0, 0.1) is 22.7 Å². The number of hydrazine groups is 1. The van der Waals surface area contributed by atoms with Gasteiger partial charge >= 0.3 is 5.97 Å². The van der Waals surface area contributed by atoms with Crippen LogP contribution in [0.15, 0.2) is 30.3 Å². The second-order valence-corrected chi connectivity index (χ2v) is 4.38. The number of carbonyl (C=O) groups is 1. The number of nitrogens with one attached hydrogen (secondary N) is 2. The summed E-state index contributed by atoms with van der Waals surface area (Å²) in [6.07, 6.45) is 0.771. The average molecular weight is 330 g/mol. The van der Waals surface area contributed by atoms with Gasteiger partial charge in [-0.1, -0.05) is 18.2 Å². The smallest absolute Gasteiger partial charge is 0.306 e. The first-order chi connectivity index (χ1) is 11.7. The molecule has 8 heteroatoms. The Morgan fingerprint density at radius 2 is 2.00 bits per heavy atom. The molecule has 0 bridgehead atoms. The van der Waals surface area contributed by atoms with E-state index in [1.54, 1.807) is 0 Å². The molecule has 8 nitrogen and oxygen atoms in total. The van der Waals surface area contributed by atoms with E-state index < -0.39 is 0 Å². The van der Waals surface area contributed by atoms with Gasteiger partial charge < -0.3 is 15.0 Å². The molecule has 24 heavy (non-hydrogen) atoms. The monoisotopic (exact) mass is 330 g/mol. The lowest BCUT2D eigenvalue weighted by atomic mass is 10.2. The predicted molar refractivity (Wildman–Crippen MR) is 91.1 cm³/mol. The van der Waals surface area contributed by atoms with E-state index in [4.69, 9.17) is 10.5 Å². The Kier molecular flexibility index (Phi) is 12.1. The molecule has 0 aliphatic carbocycles. The van der Waals surface area contributed by atoms with Crippen LogP contribution in [0.25, 0.3) is 10.9 Å². The third-order valence-corrected chi connectivity index (χ3v) is 2.79. The Hall–Kier alpha value is -2.91. The number of aromatic nitrogens is 1. The number of rotatable bonds is 5. The molecule has 1 aromatic carbocycles. The molecular formula is C16H22N6O2. The van der Waals surface area contributed by atoms with Crippen molar-refractivity contribution >= 4 is 16.9 Å². The van der Waals surface area contributed by atoms with Gasteiger partial charge in [-0.15, -0.1) is 0 Å². The van der Waals surface area contributed by atoms with Crippen LogP contribution in [-0.4, -0.2) is 31.2 Å². The molecule has 0 saturated heterocycles. The van der Waals surface area contributed by atoms with Gasteiger partial charge in [-0.25, -0.2) is 0 Å². The van der Waals surface area contributed by atoms with E-state index in [1.165, 1.54) is 12.5 Å². The highest BCUT2D eigenvalue weighted by molar-refractivity contribution is 5.80. The molecule has 0 fully saturated rings. The summed E-state index contributed by atoms with van der Waals surface area (Å²) < 4.78 is 4.37. The summed E-state index contributed by atoms with van der Waals surface area (Å²) in [5.41, 5.74) is 2.08. The zero-order chi connectivity index (χ0) is 18.2. The number of benzene rings is 1. The summed E-state index contributed by atoms with van der Waals surface area (Å²) in [6, 6.07) is 14.0. The molecule has 0 radical (unpaired) electrons. The molecule has 2 rings (SSSR count). The maximum Gasteiger partial charge on any atom is 0.306 e. The third-order valence-electron chi connectivity index (χ3n) is 2.79. The highest BCUT2D eigenvalue weighted by Gasteiger charge is 1.97. The maximum atomic E-state index is 10.4. The molecule has 0 atom stereocenters. The first-order valence-electron chi connectivity index (χ1n) is 7.12. The number of ether oxygens (including phenoxy) is 1. The van der Waals surface area contributed by atoms with Crippen molar-refractivity contribution in [2.24, 2.45) is 11.7 Å². The normalized spacial score (nSPS) is 8.71. The zero-order valence-corrected chi connectivity index (χ0v) is 13.6. The van der Waals surface area contributed by atoms with E-state index in [9.17, 15) is 4.79 Å². The summed E-state index contributed by atoms with van der Waals surface area (Å²) in [5, 5.41) is 20.4. The summed E-state index contributed by atoms with van der Waals surface area (Å²) >= 11 is 0. The molecule has 2 aromatic rings. The molecule has 0 aliphatic heterocycles. The maximum absolute atomic E-state index is 10.4. The predicted octanol–water partition coefficient (Wildman–Crippen LogP) is 0.715. The van der Waals surface area contributed by atoms with Crippen molar-refractivity contribution in [3.05, 3.63) is 36.0 Å². The number of carbonyl (C=O) groups excluding carboxylic acids is 1. The lowest BCUT2D eigenvalue weighted by Crippen LogP contribution is -2.18. The van der Waals surface area contributed by atoms with Crippen molar-refractivity contribution in [1.29, 1.82) is 10.5 Å². The molecule has 0 saturated carbocycles. The number of aromatic amines is 1. The largest absolute Gasteiger partial charge is 0.469 e. The van der Waals surface area contributed by atoms with Gasteiger partial charge in [0.05, 0.1) is 38.6 Å². The number of nitrogens with zero attached hydrogens (tertiary/aromatic N) is 2. The molecule has 0 amide bonds. The van der Waals surface area contributed by atoms with Crippen LogP contribution in [-0.2, 0) is 16.0 Å². The highest BCUT2D eigenvalue weighted by atomic mass is 16.5. The molecule has 1 heterocycles. The Bertz CT molecular complexity index is 651. The fourth-order valence-electron chi connectivity index (χ4n) is 1.75.